The van der Waals surface area contributed by atoms with Gasteiger partial charge in [0.15, 0.2) is 0 Å². The monoisotopic (exact) mass is 348 g/mol. The summed E-state index contributed by atoms with van der Waals surface area (Å²) in [7, 11) is 0. The van der Waals surface area contributed by atoms with Crippen LogP contribution in [0.25, 0.3) is 0 Å². The molecule has 0 spiro atoms. The summed E-state index contributed by atoms with van der Waals surface area (Å²) in [6.07, 6.45) is 9.69. The second-order valence-corrected chi connectivity index (χ2v) is 6.85. The summed E-state index contributed by atoms with van der Waals surface area (Å²) in [5, 5.41) is 3.34. The van der Waals surface area contributed by atoms with Crippen LogP contribution in [-0.4, -0.2) is 37.9 Å². The fraction of sp³-hybridized carbons (Fsp3) is 0.350. The number of aromatic amines is 1. The lowest BCUT2D eigenvalue weighted by Crippen LogP contribution is -2.33. The Morgan fingerprint density at radius 3 is 2.69 bits per heavy atom. The van der Waals surface area contributed by atoms with Crippen molar-refractivity contribution < 1.29 is 0 Å². The number of imidazole rings is 1. The number of hydrogen-bond donors (Lipinski definition) is 2. The van der Waals surface area contributed by atoms with Crippen molar-refractivity contribution in [2.24, 2.45) is 0 Å². The molecule has 6 heteroatoms. The number of H-pyrrole nitrogens is 1. The van der Waals surface area contributed by atoms with E-state index in [1.165, 1.54) is 5.69 Å². The van der Waals surface area contributed by atoms with E-state index in [4.69, 9.17) is 4.98 Å². The van der Waals surface area contributed by atoms with Crippen molar-refractivity contribution in [2.75, 3.05) is 18.4 Å². The molecule has 2 N–H and O–H groups in total. The van der Waals surface area contributed by atoms with Gasteiger partial charge < -0.3 is 10.3 Å². The Balaban J connectivity index is 1.33. The van der Waals surface area contributed by atoms with Crippen molar-refractivity contribution in [1.82, 2.24) is 24.8 Å². The summed E-state index contributed by atoms with van der Waals surface area (Å²) in [6, 6.07) is 8.24. The summed E-state index contributed by atoms with van der Waals surface area (Å²) in [6.45, 7) is 5.12. The molecule has 1 aliphatic rings. The molecule has 0 atom stereocenters. The molecule has 0 aromatic carbocycles. The van der Waals surface area contributed by atoms with Crippen molar-refractivity contribution in [1.29, 1.82) is 0 Å². The van der Waals surface area contributed by atoms with Gasteiger partial charge in [-0.1, -0.05) is 6.07 Å². The average molecular weight is 348 g/mol. The molecule has 1 saturated heterocycles. The third-order valence-electron chi connectivity index (χ3n) is 4.99. The van der Waals surface area contributed by atoms with Gasteiger partial charge in [0.2, 0.25) is 0 Å². The molecule has 134 valence electrons. The van der Waals surface area contributed by atoms with E-state index in [9.17, 15) is 0 Å². The molecule has 6 nitrogen and oxygen atoms in total. The second-order valence-electron chi connectivity index (χ2n) is 6.85. The molecule has 1 fully saturated rings. The Hall–Kier alpha value is -2.73. The molecule has 4 rings (SSSR count). The number of hydrogen-bond acceptors (Lipinski definition) is 5. The third kappa shape index (κ3) is 3.91. The molecule has 3 aromatic heterocycles. The first-order valence-corrected chi connectivity index (χ1v) is 9.13. The molecule has 0 amide bonds. The van der Waals surface area contributed by atoms with Gasteiger partial charge in [0.05, 0.1) is 18.4 Å². The number of likely N-dealkylation sites (tertiary alicyclic amines) is 1. The summed E-state index contributed by atoms with van der Waals surface area (Å²) >= 11 is 0. The Labute approximate surface area is 153 Å². The van der Waals surface area contributed by atoms with Crippen LogP contribution in [0, 0.1) is 6.92 Å². The zero-order valence-electron chi connectivity index (χ0n) is 15.0. The predicted octanol–water partition coefficient (Wildman–Crippen LogP) is 3.63. The van der Waals surface area contributed by atoms with E-state index in [2.05, 4.69) is 37.3 Å². The minimum atomic E-state index is 0.536. The quantitative estimate of drug-likeness (QED) is 0.737. The summed E-state index contributed by atoms with van der Waals surface area (Å²) < 4.78 is 0. The fourth-order valence-corrected chi connectivity index (χ4v) is 3.46. The van der Waals surface area contributed by atoms with Crippen LogP contribution in [0.15, 0.2) is 49.1 Å². The number of nitrogens with zero attached hydrogens (tertiary/aromatic N) is 4. The Kier molecular flexibility index (Phi) is 4.93. The number of anilines is 2. The van der Waals surface area contributed by atoms with Gasteiger partial charge in [-0.2, -0.15) is 0 Å². The molecule has 0 bridgehead atoms. The van der Waals surface area contributed by atoms with Gasteiger partial charge in [-0.15, -0.1) is 0 Å². The fourth-order valence-electron chi connectivity index (χ4n) is 3.46. The van der Waals surface area contributed by atoms with Crippen LogP contribution in [-0.2, 0) is 6.54 Å². The standard InChI is InChI=1S/C20H24N6/c1-15-3-2-8-23-20(15)25-17-4-5-18(24-13-17)16-6-11-26(12-7-16)14-19-21-9-10-22-19/h2-5,8-10,13,16H,6-7,11-12,14H2,1H3,(H,21,22)(H,23,25). The minimum Gasteiger partial charge on any atom is -0.348 e. The second kappa shape index (κ2) is 7.66. The molecule has 0 radical (unpaired) electrons. The van der Waals surface area contributed by atoms with Crippen LogP contribution < -0.4 is 5.32 Å². The molecular weight excluding hydrogens is 324 g/mol. The summed E-state index contributed by atoms with van der Waals surface area (Å²) in [5.74, 6) is 2.46. The van der Waals surface area contributed by atoms with Crippen LogP contribution in [0.3, 0.4) is 0 Å². The topological polar surface area (TPSA) is 69.7 Å². The predicted molar refractivity (Wildman–Crippen MR) is 102 cm³/mol. The van der Waals surface area contributed by atoms with E-state index in [-0.39, 0.29) is 0 Å². The maximum atomic E-state index is 4.70. The van der Waals surface area contributed by atoms with Crippen LogP contribution in [0.5, 0.6) is 0 Å². The van der Waals surface area contributed by atoms with E-state index in [1.54, 1.807) is 6.20 Å². The zero-order valence-corrected chi connectivity index (χ0v) is 15.0. The van der Waals surface area contributed by atoms with Gasteiger partial charge in [-0.05, 0) is 56.6 Å². The molecule has 0 aliphatic carbocycles. The molecule has 26 heavy (non-hydrogen) atoms. The number of piperidine rings is 1. The summed E-state index contributed by atoms with van der Waals surface area (Å²) in [5.41, 5.74) is 3.29. The van der Waals surface area contributed by atoms with Gasteiger partial charge in [0.25, 0.3) is 0 Å². The smallest absolute Gasteiger partial charge is 0.133 e. The maximum Gasteiger partial charge on any atom is 0.133 e. The maximum absolute atomic E-state index is 4.70. The highest BCUT2D eigenvalue weighted by Crippen LogP contribution is 2.28. The lowest BCUT2D eigenvalue weighted by atomic mass is 9.93. The van der Waals surface area contributed by atoms with Gasteiger partial charge >= 0.3 is 0 Å². The van der Waals surface area contributed by atoms with Gasteiger partial charge in [-0.25, -0.2) is 9.97 Å². The van der Waals surface area contributed by atoms with Crippen molar-refractivity contribution in [3.63, 3.8) is 0 Å². The van der Waals surface area contributed by atoms with E-state index in [1.807, 2.05) is 37.6 Å². The number of rotatable bonds is 5. The van der Waals surface area contributed by atoms with Crippen LogP contribution in [0.2, 0.25) is 0 Å². The van der Waals surface area contributed by atoms with Crippen molar-refractivity contribution >= 4 is 11.5 Å². The number of pyridine rings is 2. The highest BCUT2D eigenvalue weighted by atomic mass is 15.2. The van der Waals surface area contributed by atoms with E-state index in [0.717, 1.165) is 55.4 Å². The molecular formula is C20H24N6. The molecule has 0 unspecified atom stereocenters. The van der Waals surface area contributed by atoms with Crippen LogP contribution in [0.1, 0.15) is 35.8 Å². The number of aryl methyl sites for hydroxylation is 1. The van der Waals surface area contributed by atoms with Gasteiger partial charge in [0, 0.05) is 30.2 Å². The van der Waals surface area contributed by atoms with Gasteiger partial charge in [-0.3, -0.25) is 9.88 Å². The Morgan fingerprint density at radius 1 is 1.12 bits per heavy atom. The Bertz CT molecular complexity index is 820. The normalized spacial score (nSPS) is 15.9. The van der Waals surface area contributed by atoms with Crippen molar-refractivity contribution in [2.45, 2.75) is 32.2 Å². The molecule has 4 heterocycles. The largest absolute Gasteiger partial charge is 0.348 e. The minimum absolute atomic E-state index is 0.536. The number of nitrogens with one attached hydrogen (secondary N) is 2. The van der Waals surface area contributed by atoms with Crippen molar-refractivity contribution in [3.8, 4) is 0 Å². The van der Waals surface area contributed by atoms with E-state index < -0.39 is 0 Å². The van der Waals surface area contributed by atoms with E-state index >= 15 is 0 Å². The van der Waals surface area contributed by atoms with Crippen LogP contribution >= 0.6 is 0 Å². The highest BCUT2D eigenvalue weighted by molar-refractivity contribution is 5.57. The SMILES string of the molecule is Cc1cccnc1Nc1ccc(C2CCN(Cc3ncc[nH]3)CC2)nc1. The average Bonchev–Trinajstić information content (AvgIpc) is 3.18. The Morgan fingerprint density at radius 2 is 2.00 bits per heavy atom. The lowest BCUT2D eigenvalue weighted by molar-refractivity contribution is 0.199. The molecule has 3 aromatic rings. The first-order chi connectivity index (χ1) is 12.8. The summed E-state index contributed by atoms with van der Waals surface area (Å²) in [4.78, 5) is 19.0. The lowest BCUT2D eigenvalue weighted by Gasteiger charge is -2.31. The zero-order chi connectivity index (χ0) is 17.8. The van der Waals surface area contributed by atoms with Gasteiger partial charge in [0.1, 0.15) is 11.6 Å². The number of aromatic nitrogens is 4. The highest BCUT2D eigenvalue weighted by Gasteiger charge is 2.22. The first-order valence-electron chi connectivity index (χ1n) is 9.13. The molecule has 1 aliphatic heterocycles. The van der Waals surface area contributed by atoms with Crippen LogP contribution in [0.4, 0.5) is 11.5 Å². The van der Waals surface area contributed by atoms with Crippen molar-refractivity contribution in [3.05, 3.63) is 66.1 Å². The third-order valence-corrected chi connectivity index (χ3v) is 4.99. The van der Waals surface area contributed by atoms with E-state index in [0.29, 0.717) is 5.92 Å². The first kappa shape index (κ1) is 16.7. The molecule has 0 saturated carbocycles.